The summed E-state index contributed by atoms with van der Waals surface area (Å²) < 4.78 is 10.6. The zero-order valence-electron chi connectivity index (χ0n) is 20.6. The van der Waals surface area contributed by atoms with Gasteiger partial charge in [0, 0.05) is 37.0 Å². The second kappa shape index (κ2) is 8.34. The first-order valence-electron chi connectivity index (χ1n) is 11.6. The van der Waals surface area contributed by atoms with Crippen molar-refractivity contribution in [3.63, 3.8) is 0 Å². The second-order valence-corrected chi connectivity index (χ2v) is 11.7. The van der Waals surface area contributed by atoms with Crippen LogP contribution in [0.2, 0.25) is 0 Å². The number of hydrogen-bond donors (Lipinski definition) is 0. The fourth-order valence-electron chi connectivity index (χ4n) is 5.50. The van der Waals surface area contributed by atoms with Crippen molar-refractivity contribution in [1.82, 2.24) is 9.80 Å². The zero-order valence-corrected chi connectivity index (χ0v) is 20.6. The summed E-state index contributed by atoms with van der Waals surface area (Å²) in [6, 6.07) is 0.190. The maximum Gasteiger partial charge on any atom is 0.410 e. The minimum Gasteiger partial charge on any atom is -0.444 e. The molecule has 4 saturated heterocycles. The minimum absolute atomic E-state index is 0.0625. The Hall–Kier alpha value is -2.12. The standard InChI is InChI=1S/2C12H19NO3/c2*1-7(14)10-8-5-9(10)13(6-8)11(15)16-12(2,3)4/h2*8-10H,5-6H2,1-4H3/t2*8-,9-,10+/m10/s1. The van der Waals surface area contributed by atoms with Crippen molar-refractivity contribution in [3.05, 3.63) is 0 Å². The molecule has 4 heterocycles. The normalized spacial score (nSPS) is 32.2. The lowest BCUT2D eigenvalue weighted by Crippen LogP contribution is -2.45. The van der Waals surface area contributed by atoms with Crippen LogP contribution in [0.1, 0.15) is 68.2 Å². The molecule has 8 heteroatoms. The Morgan fingerprint density at radius 3 is 1.19 bits per heavy atom. The molecule has 0 aromatic rings. The Balaban J connectivity index is 0.000000181. The summed E-state index contributed by atoms with van der Waals surface area (Å²) in [4.78, 5) is 49.9. The highest BCUT2D eigenvalue weighted by Gasteiger charge is 2.57. The quantitative estimate of drug-likeness (QED) is 0.637. The summed E-state index contributed by atoms with van der Waals surface area (Å²) in [6.45, 7) is 15.7. The molecule has 6 fully saturated rings. The van der Waals surface area contributed by atoms with E-state index in [1.165, 1.54) is 0 Å². The third-order valence-corrected chi connectivity index (χ3v) is 6.79. The van der Waals surface area contributed by atoms with Gasteiger partial charge in [0.15, 0.2) is 0 Å². The van der Waals surface area contributed by atoms with E-state index in [4.69, 9.17) is 9.47 Å². The first kappa shape index (κ1) is 24.5. The highest BCUT2D eigenvalue weighted by molar-refractivity contribution is 5.83. The lowest BCUT2D eigenvalue weighted by atomic mass is 9.72. The molecule has 4 bridgehead atoms. The first-order chi connectivity index (χ1) is 14.6. The van der Waals surface area contributed by atoms with Gasteiger partial charge in [-0.2, -0.15) is 0 Å². The van der Waals surface area contributed by atoms with Crippen LogP contribution in [0.25, 0.3) is 0 Å². The minimum atomic E-state index is -0.463. The average molecular weight is 451 g/mol. The summed E-state index contributed by atoms with van der Waals surface area (Å²) in [7, 11) is 0. The van der Waals surface area contributed by atoms with E-state index in [9.17, 15) is 19.2 Å². The van der Waals surface area contributed by atoms with Gasteiger partial charge in [0.25, 0.3) is 0 Å². The third-order valence-electron chi connectivity index (χ3n) is 6.79. The van der Waals surface area contributed by atoms with Crippen LogP contribution in [0, 0.1) is 23.7 Å². The van der Waals surface area contributed by atoms with Crippen molar-refractivity contribution in [3.8, 4) is 0 Å². The Morgan fingerprint density at radius 2 is 0.969 bits per heavy atom. The summed E-state index contributed by atoms with van der Waals surface area (Å²) in [6.07, 6.45) is 1.37. The molecule has 0 N–H and O–H groups in total. The van der Waals surface area contributed by atoms with Crippen molar-refractivity contribution >= 4 is 23.8 Å². The van der Waals surface area contributed by atoms with Crippen LogP contribution in [-0.4, -0.2) is 69.9 Å². The summed E-state index contributed by atoms with van der Waals surface area (Å²) in [5.74, 6) is 1.27. The highest BCUT2D eigenvalue weighted by Crippen LogP contribution is 2.48. The SMILES string of the molecule is CC(=O)[C@@H]1[C@H]2C[C@@H]1N(C(=O)OC(C)(C)C)C2.CC(=O)[C@H]1[C@@H]2C[C@H]1N(C(=O)OC(C)(C)C)C2. The van der Waals surface area contributed by atoms with Crippen molar-refractivity contribution in [2.45, 2.75) is 91.5 Å². The van der Waals surface area contributed by atoms with E-state index >= 15 is 0 Å². The number of ether oxygens (including phenoxy) is 2. The van der Waals surface area contributed by atoms with Gasteiger partial charge >= 0.3 is 12.2 Å². The highest BCUT2D eigenvalue weighted by atomic mass is 16.6. The summed E-state index contributed by atoms with van der Waals surface area (Å²) in [5.41, 5.74) is -0.925. The van der Waals surface area contributed by atoms with Gasteiger partial charge in [0.05, 0.1) is 0 Å². The first-order valence-corrected chi connectivity index (χ1v) is 11.6. The van der Waals surface area contributed by atoms with E-state index in [0.717, 1.165) is 12.8 Å². The van der Waals surface area contributed by atoms with Crippen LogP contribution < -0.4 is 0 Å². The van der Waals surface area contributed by atoms with E-state index in [0.29, 0.717) is 24.9 Å². The van der Waals surface area contributed by atoms with Gasteiger partial charge in [-0.3, -0.25) is 9.59 Å². The molecule has 0 aromatic carbocycles. The molecule has 2 amide bonds. The zero-order chi connectivity index (χ0) is 24.2. The molecule has 0 aromatic heterocycles. The Labute approximate surface area is 191 Å². The summed E-state index contributed by atoms with van der Waals surface area (Å²) >= 11 is 0. The lowest BCUT2D eigenvalue weighted by Gasteiger charge is -2.34. The molecule has 6 aliphatic rings. The molecule has 8 nitrogen and oxygen atoms in total. The Morgan fingerprint density at radius 1 is 0.656 bits per heavy atom. The number of amides is 2. The topological polar surface area (TPSA) is 93.2 Å². The van der Waals surface area contributed by atoms with Gasteiger partial charge in [-0.05, 0) is 80.1 Å². The van der Waals surface area contributed by atoms with E-state index < -0.39 is 11.2 Å². The van der Waals surface area contributed by atoms with Gasteiger partial charge in [0.1, 0.15) is 22.8 Å². The second-order valence-electron chi connectivity index (χ2n) is 11.7. The van der Waals surface area contributed by atoms with Crippen molar-refractivity contribution in [2.24, 2.45) is 23.7 Å². The fourth-order valence-corrected chi connectivity index (χ4v) is 5.50. The van der Waals surface area contributed by atoms with Gasteiger partial charge < -0.3 is 19.3 Å². The van der Waals surface area contributed by atoms with Crippen molar-refractivity contribution in [2.75, 3.05) is 13.1 Å². The maximum absolute atomic E-state index is 11.9. The molecule has 6 atom stereocenters. The van der Waals surface area contributed by atoms with Gasteiger partial charge in [0.2, 0.25) is 0 Å². The summed E-state index contributed by atoms with van der Waals surface area (Å²) in [5, 5.41) is 0. The van der Waals surface area contributed by atoms with Crippen molar-refractivity contribution in [1.29, 1.82) is 0 Å². The molecule has 32 heavy (non-hydrogen) atoms. The van der Waals surface area contributed by atoms with Gasteiger partial charge in [-0.25, -0.2) is 9.59 Å². The van der Waals surface area contributed by atoms with Gasteiger partial charge in [-0.15, -0.1) is 0 Å². The lowest BCUT2D eigenvalue weighted by molar-refractivity contribution is -0.126. The van der Waals surface area contributed by atoms with E-state index in [-0.39, 0.29) is 47.7 Å². The Bertz CT molecular complexity index is 729. The van der Waals surface area contributed by atoms with Crippen molar-refractivity contribution < 1.29 is 28.7 Å². The number of rotatable bonds is 2. The van der Waals surface area contributed by atoms with E-state index in [2.05, 4.69) is 0 Å². The largest absolute Gasteiger partial charge is 0.444 e. The molecule has 2 saturated carbocycles. The molecule has 2 aliphatic carbocycles. The van der Waals surface area contributed by atoms with Crippen LogP contribution >= 0.6 is 0 Å². The molecular formula is C24H38N2O6. The number of carbonyl (C=O) groups excluding carboxylic acids is 4. The van der Waals surface area contributed by atoms with Crippen LogP contribution in [0.5, 0.6) is 0 Å². The van der Waals surface area contributed by atoms with E-state index in [1.807, 2.05) is 41.5 Å². The number of hydrogen-bond acceptors (Lipinski definition) is 6. The van der Waals surface area contributed by atoms with Crippen LogP contribution in [0.15, 0.2) is 0 Å². The van der Waals surface area contributed by atoms with Crippen LogP contribution in [-0.2, 0) is 19.1 Å². The number of ketones is 2. The van der Waals surface area contributed by atoms with Crippen LogP contribution in [0.4, 0.5) is 9.59 Å². The van der Waals surface area contributed by atoms with Crippen LogP contribution in [0.3, 0.4) is 0 Å². The Kier molecular flexibility index (Phi) is 6.39. The molecule has 180 valence electrons. The molecule has 4 aliphatic heterocycles. The smallest absolute Gasteiger partial charge is 0.410 e. The fraction of sp³-hybridized carbons (Fsp3) is 0.833. The molecule has 0 radical (unpaired) electrons. The van der Waals surface area contributed by atoms with E-state index in [1.54, 1.807) is 23.6 Å². The maximum atomic E-state index is 11.9. The van der Waals surface area contributed by atoms with Gasteiger partial charge in [-0.1, -0.05) is 0 Å². The number of fused-ring (bicyclic) bond motifs is 2. The molecular weight excluding hydrogens is 412 g/mol. The predicted molar refractivity (Wildman–Crippen MR) is 118 cm³/mol. The third kappa shape index (κ3) is 4.94. The number of nitrogens with zero attached hydrogens (tertiary/aromatic N) is 2. The average Bonchev–Trinajstić information content (AvgIpc) is 3.29. The molecule has 0 unspecified atom stereocenters. The molecule has 0 spiro atoms. The molecule has 6 rings (SSSR count). The monoisotopic (exact) mass is 450 g/mol. The number of Topliss-reactive ketones (excluding diaryl/α,β-unsaturated/α-hetero) is 2. The number of carbonyl (C=O) groups is 4. The predicted octanol–water partition coefficient (Wildman–Crippen LogP) is 3.66.